The minimum atomic E-state index is 0.946. The van der Waals surface area contributed by atoms with Crippen molar-refractivity contribution in [3.8, 4) is 16.8 Å². The lowest BCUT2D eigenvalue weighted by Gasteiger charge is -2.14. The molecular weight excluding hydrogens is 492 g/mol. The highest BCUT2D eigenvalue weighted by Gasteiger charge is 2.16. The van der Waals surface area contributed by atoms with Crippen LogP contribution in [0.15, 0.2) is 127 Å². The number of para-hydroxylation sites is 3. The van der Waals surface area contributed by atoms with Gasteiger partial charge in [-0.1, -0.05) is 72.8 Å². The molecule has 2 N–H and O–H groups in total. The van der Waals surface area contributed by atoms with E-state index in [0.717, 1.165) is 18.5 Å². The van der Waals surface area contributed by atoms with E-state index < -0.39 is 0 Å². The van der Waals surface area contributed by atoms with Crippen LogP contribution in [0.4, 0.5) is 0 Å². The highest BCUT2D eigenvalue weighted by molar-refractivity contribution is 7.25. The second-order valence-corrected chi connectivity index (χ2v) is 11.4. The van der Waals surface area contributed by atoms with Crippen LogP contribution in [-0.2, 0) is 0 Å². The van der Waals surface area contributed by atoms with Gasteiger partial charge in [-0.3, -0.25) is 0 Å². The molecule has 186 valence electrons. The maximum atomic E-state index is 6.17. The van der Waals surface area contributed by atoms with Crippen LogP contribution in [0.3, 0.4) is 0 Å². The van der Waals surface area contributed by atoms with Gasteiger partial charge in [-0.15, -0.1) is 11.3 Å². The Hall–Kier alpha value is -4.60. The van der Waals surface area contributed by atoms with Crippen LogP contribution in [-0.4, -0.2) is 4.57 Å². The molecule has 1 aliphatic carbocycles. The lowest BCUT2D eigenvalue weighted by molar-refractivity contribution is 0.948. The second kappa shape index (κ2) is 8.72. The zero-order valence-corrected chi connectivity index (χ0v) is 22.2. The van der Waals surface area contributed by atoms with Gasteiger partial charge in [0.05, 0.1) is 16.7 Å². The van der Waals surface area contributed by atoms with Gasteiger partial charge in [0.1, 0.15) is 0 Å². The summed E-state index contributed by atoms with van der Waals surface area (Å²) in [6, 6.07) is 40.0. The Bertz CT molecular complexity index is 2080. The van der Waals surface area contributed by atoms with Crippen molar-refractivity contribution in [2.75, 3.05) is 0 Å². The third kappa shape index (κ3) is 3.54. The molecule has 0 saturated carbocycles. The lowest BCUT2D eigenvalue weighted by Crippen LogP contribution is -2.00. The molecule has 8 rings (SSSR count). The molecule has 0 bridgehead atoms. The maximum absolute atomic E-state index is 6.17. The van der Waals surface area contributed by atoms with Crippen molar-refractivity contribution >= 4 is 58.9 Å². The molecule has 7 aromatic rings. The van der Waals surface area contributed by atoms with Crippen molar-refractivity contribution in [2.24, 2.45) is 5.73 Å². The molecule has 0 radical (unpaired) electrons. The summed E-state index contributed by atoms with van der Waals surface area (Å²) in [6.45, 7) is 0. The monoisotopic (exact) mass is 518 g/mol. The Morgan fingerprint density at radius 2 is 1.23 bits per heavy atom. The first-order valence-electron chi connectivity index (χ1n) is 13.5. The standard InChI is InChI=1S/C36H26N2S/c37-26-9-7-8-23(20-26)24-16-18-35-30(21-24)31-22-25(17-19-36(31)39-35)27-10-1-4-13-32(27)38-33-14-5-2-11-28(33)29-12-3-6-15-34(29)38/h1-6,8,10-22H,7,9,37H2. The summed E-state index contributed by atoms with van der Waals surface area (Å²) in [5.74, 6) is 0. The molecule has 0 fully saturated rings. The van der Waals surface area contributed by atoms with Gasteiger partial charge in [0.15, 0.2) is 0 Å². The van der Waals surface area contributed by atoms with Crippen LogP contribution in [0, 0.1) is 0 Å². The molecule has 0 saturated heterocycles. The van der Waals surface area contributed by atoms with Gasteiger partial charge in [-0.05, 0) is 78.1 Å². The predicted octanol–water partition coefficient (Wildman–Crippen LogP) is 9.84. The summed E-state index contributed by atoms with van der Waals surface area (Å²) in [4.78, 5) is 0. The average molecular weight is 519 g/mol. The molecule has 2 aromatic heterocycles. The van der Waals surface area contributed by atoms with Crippen LogP contribution < -0.4 is 5.73 Å². The van der Waals surface area contributed by atoms with Gasteiger partial charge in [0.2, 0.25) is 0 Å². The van der Waals surface area contributed by atoms with Gasteiger partial charge in [0.25, 0.3) is 0 Å². The Labute approximate surface area is 230 Å². The molecule has 0 amide bonds. The summed E-state index contributed by atoms with van der Waals surface area (Å²) in [6.07, 6.45) is 6.39. The zero-order valence-electron chi connectivity index (χ0n) is 21.4. The third-order valence-corrected chi connectivity index (χ3v) is 9.13. The fraction of sp³-hybridized carbons (Fsp3) is 0.0556. The zero-order chi connectivity index (χ0) is 25.9. The van der Waals surface area contributed by atoms with Gasteiger partial charge >= 0.3 is 0 Å². The first-order chi connectivity index (χ1) is 19.2. The normalized spacial score (nSPS) is 13.8. The summed E-state index contributed by atoms with van der Waals surface area (Å²) >= 11 is 1.86. The Balaban J connectivity index is 1.34. The molecule has 3 heteroatoms. The van der Waals surface area contributed by atoms with Crippen molar-refractivity contribution in [2.45, 2.75) is 12.8 Å². The fourth-order valence-corrected chi connectivity index (χ4v) is 7.21. The number of rotatable bonds is 3. The fourth-order valence-electron chi connectivity index (χ4n) is 6.15. The SMILES string of the molecule is NC1=CC(c2ccc3sc4ccc(-c5ccccc5-n5c6ccccc6c6ccccc65)cc4c3c2)=CCC1. The van der Waals surface area contributed by atoms with Crippen molar-refractivity contribution < 1.29 is 0 Å². The van der Waals surface area contributed by atoms with E-state index in [-0.39, 0.29) is 0 Å². The van der Waals surface area contributed by atoms with Gasteiger partial charge in [-0.25, -0.2) is 0 Å². The molecular formula is C36H26N2S. The van der Waals surface area contributed by atoms with E-state index in [0.29, 0.717) is 0 Å². The number of benzene rings is 5. The topological polar surface area (TPSA) is 30.9 Å². The molecule has 0 spiro atoms. The van der Waals surface area contributed by atoms with E-state index in [9.17, 15) is 0 Å². The van der Waals surface area contributed by atoms with Crippen LogP contribution in [0.2, 0.25) is 0 Å². The summed E-state index contributed by atoms with van der Waals surface area (Å²) in [7, 11) is 0. The van der Waals surface area contributed by atoms with Gasteiger partial charge < -0.3 is 10.3 Å². The molecule has 2 heterocycles. The molecule has 0 aliphatic heterocycles. The molecule has 5 aromatic carbocycles. The van der Waals surface area contributed by atoms with Gasteiger partial charge in [-0.2, -0.15) is 0 Å². The summed E-state index contributed by atoms with van der Waals surface area (Å²) in [5.41, 5.74) is 15.7. The largest absolute Gasteiger partial charge is 0.402 e. The van der Waals surface area contributed by atoms with E-state index >= 15 is 0 Å². The number of allylic oxidation sites excluding steroid dienone is 4. The van der Waals surface area contributed by atoms with Crippen LogP contribution in [0.25, 0.3) is 64.4 Å². The maximum Gasteiger partial charge on any atom is 0.0541 e. The third-order valence-electron chi connectivity index (χ3n) is 7.98. The Kier molecular flexibility index (Phi) is 5.01. The van der Waals surface area contributed by atoms with Crippen LogP contribution >= 0.6 is 11.3 Å². The molecule has 1 aliphatic rings. The summed E-state index contributed by atoms with van der Waals surface area (Å²) in [5, 5.41) is 5.17. The smallest absolute Gasteiger partial charge is 0.0541 e. The highest BCUT2D eigenvalue weighted by Crippen LogP contribution is 2.40. The van der Waals surface area contributed by atoms with Crippen molar-refractivity contribution in [1.29, 1.82) is 0 Å². The molecule has 0 atom stereocenters. The van der Waals surface area contributed by atoms with E-state index in [4.69, 9.17) is 5.73 Å². The predicted molar refractivity (Wildman–Crippen MR) is 169 cm³/mol. The minimum absolute atomic E-state index is 0.946. The van der Waals surface area contributed by atoms with Crippen LogP contribution in [0.1, 0.15) is 18.4 Å². The number of aromatic nitrogens is 1. The Morgan fingerprint density at radius 1 is 0.615 bits per heavy atom. The molecule has 2 nitrogen and oxygen atoms in total. The van der Waals surface area contributed by atoms with Gasteiger partial charge in [0, 0.05) is 42.2 Å². The van der Waals surface area contributed by atoms with Crippen molar-refractivity contribution in [3.05, 3.63) is 133 Å². The van der Waals surface area contributed by atoms with E-state index in [1.54, 1.807) is 0 Å². The van der Waals surface area contributed by atoms with E-state index in [2.05, 4.69) is 126 Å². The number of hydrogen-bond donors (Lipinski definition) is 1. The highest BCUT2D eigenvalue weighted by atomic mass is 32.1. The number of nitrogens with zero attached hydrogens (tertiary/aromatic N) is 1. The molecule has 39 heavy (non-hydrogen) atoms. The van der Waals surface area contributed by atoms with Crippen LogP contribution in [0.5, 0.6) is 0 Å². The minimum Gasteiger partial charge on any atom is -0.402 e. The van der Waals surface area contributed by atoms with E-state index in [1.165, 1.54) is 69.9 Å². The second-order valence-electron chi connectivity index (χ2n) is 10.3. The van der Waals surface area contributed by atoms with Crippen molar-refractivity contribution in [3.63, 3.8) is 0 Å². The molecule has 0 unspecified atom stereocenters. The van der Waals surface area contributed by atoms with Crippen molar-refractivity contribution in [1.82, 2.24) is 4.57 Å². The average Bonchev–Trinajstić information content (AvgIpc) is 3.52. The lowest BCUT2D eigenvalue weighted by atomic mass is 9.96. The summed E-state index contributed by atoms with van der Waals surface area (Å²) < 4.78 is 5.04. The van der Waals surface area contributed by atoms with E-state index in [1.807, 2.05) is 11.3 Å². The quantitative estimate of drug-likeness (QED) is 0.248. The first kappa shape index (κ1) is 22.4. The first-order valence-corrected chi connectivity index (χ1v) is 14.3. The Morgan fingerprint density at radius 3 is 1.95 bits per heavy atom. The number of thiophene rings is 1. The number of fused-ring (bicyclic) bond motifs is 6. The number of hydrogen-bond acceptors (Lipinski definition) is 2. The number of nitrogens with two attached hydrogens (primary N) is 1.